The number of fused-ring (bicyclic) bond motifs is 1. The summed E-state index contributed by atoms with van der Waals surface area (Å²) in [6.07, 6.45) is -4.76. The second-order valence-electron chi connectivity index (χ2n) is 4.94. The maximum absolute atomic E-state index is 10.1. The van der Waals surface area contributed by atoms with Crippen molar-refractivity contribution in [1.29, 1.82) is 0 Å². The molecule has 2 heterocycles. The van der Waals surface area contributed by atoms with E-state index in [1.165, 1.54) is 7.11 Å². The summed E-state index contributed by atoms with van der Waals surface area (Å²) in [7, 11) is 1.41. The van der Waals surface area contributed by atoms with Gasteiger partial charge in [-0.25, -0.2) is 0 Å². The second kappa shape index (κ2) is 5.77. The van der Waals surface area contributed by atoms with Crippen LogP contribution in [0.4, 0.5) is 0 Å². The summed E-state index contributed by atoms with van der Waals surface area (Å²) in [4.78, 5) is 0. The van der Waals surface area contributed by atoms with Crippen LogP contribution in [0.1, 0.15) is 11.9 Å². The van der Waals surface area contributed by atoms with Gasteiger partial charge in [-0.2, -0.15) is 0 Å². The maximum atomic E-state index is 10.1. The summed E-state index contributed by atoms with van der Waals surface area (Å²) in [6, 6.07) is 9.45. The fourth-order valence-corrected chi connectivity index (χ4v) is 2.55. The maximum Gasteiger partial charge on any atom is 0.186 e. The number of aliphatic hydroxyl groups is 2. The van der Waals surface area contributed by atoms with Crippen LogP contribution in [0.3, 0.4) is 0 Å². The molecule has 6 heteroatoms. The second-order valence-corrected chi connectivity index (χ2v) is 4.94. The van der Waals surface area contributed by atoms with Gasteiger partial charge in [-0.3, -0.25) is 0 Å². The topological polar surface area (TPSA) is 77.4 Å². The average molecular weight is 282 g/mol. The summed E-state index contributed by atoms with van der Waals surface area (Å²) < 4.78 is 21.9. The number of rotatable bonds is 2. The van der Waals surface area contributed by atoms with Gasteiger partial charge in [0.25, 0.3) is 0 Å². The van der Waals surface area contributed by atoms with Crippen LogP contribution in [0.5, 0.6) is 0 Å². The van der Waals surface area contributed by atoms with Crippen molar-refractivity contribution in [2.45, 2.75) is 37.0 Å². The SMILES string of the molecule is CO[C@@H]1OC2COC(c3ccccc3)O[C@H]2[C@H](O)C1O. The molecule has 0 spiro atoms. The summed E-state index contributed by atoms with van der Waals surface area (Å²) >= 11 is 0. The number of methoxy groups -OCH3 is 1. The third kappa shape index (κ3) is 2.46. The lowest BCUT2D eigenvalue weighted by atomic mass is 9.98. The molecule has 0 radical (unpaired) electrons. The Morgan fingerprint density at radius 2 is 1.85 bits per heavy atom. The Kier molecular flexibility index (Phi) is 4.02. The monoisotopic (exact) mass is 282 g/mol. The van der Waals surface area contributed by atoms with Crippen LogP contribution in [0.25, 0.3) is 0 Å². The largest absolute Gasteiger partial charge is 0.387 e. The zero-order chi connectivity index (χ0) is 14.1. The van der Waals surface area contributed by atoms with Crippen molar-refractivity contribution in [2.75, 3.05) is 13.7 Å². The first-order chi connectivity index (χ1) is 9.70. The van der Waals surface area contributed by atoms with Gasteiger partial charge in [-0.1, -0.05) is 30.3 Å². The van der Waals surface area contributed by atoms with E-state index < -0.39 is 37.0 Å². The molecule has 2 fully saturated rings. The molecule has 3 rings (SSSR count). The van der Waals surface area contributed by atoms with Crippen LogP contribution in [-0.2, 0) is 18.9 Å². The number of hydrogen-bond acceptors (Lipinski definition) is 6. The number of ether oxygens (including phenoxy) is 4. The first-order valence-electron chi connectivity index (χ1n) is 6.57. The molecule has 2 saturated heterocycles. The molecule has 0 saturated carbocycles. The van der Waals surface area contributed by atoms with Gasteiger partial charge in [-0.05, 0) is 0 Å². The molecule has 1 aromatic carbocycles. The summed E-state index contributed by atoms with van der Waals surface area (Å²) in [5.74, 6) is 0. The Labute approximate surface area is 116 Å². The lowest BCUT2D eigenvalue weighted by molar-refractivity contribution is -0.358. The van der Waals surface area contributed by atoms with E-state index in [-0.39, 0.29) is 6.61 Å². The standard InChI is InChI=1S/C14H18O6/c1-17-14-11(16)10(15)12-9(19-14)7-18-13(20-12)8-5-3-2-4-6-8/h2-6,9-16H,7H2,1H3/t9?,10-,11?,12-,13?,14-/m1/s1. The van der Waals surface area contributed by atoms with Crippen LogP contribution < -0.4 is 0 Å². The third-order valence-corrected chi connectivity index (χ3v) is 3.64. The Hall–Kier alpha value is -1.02. The summed E-state index contributed by atoms with van der Waals surface area (Å²) in [6.45, 7) is 0.272. The van der Waals surface area contributed by atoms with E-state index >= 15 is 0 Å². The van der Waals surface area contributed by atoms with Crippen molar-refractivity contribution in [1.82, 2.24) is 0 Å². The molecule has 3 unspecified atom stereocenters. The minimum Gasteiger partial charge on any atom is -0.387 e. The Bertz CT molecular complexity index is 437. The van der Waals surface area contributed by atoms with Gasteiger partial charge < -0.3 is 29.2 Å². The third-order valence-electron chi connectivity index (χ3n) is 3.64. The molecule has 20 heavy (non-hydrogen) atoms. The molecule has 6 nitrogen and oxygen atoms in total. The molecule has 0 aromatic heterocycles. The Morgan fingerprint density at radius 3 is 2.55 bits per heavy atom. The zero-order valence-electron chi connectivity index (χ0n) is 11.1. The lowest BCUT2D eigenvalue weighted by Crippen LogP contribution is -2.62. The fraction of sp³-hybridized carbons (Fsp3) is 0.571. The van der Waals surface area contributed by atoms with Gasteiger partial charge in [0, 0.05) is 12.7 Å². The highest BCUT2D eigenvalue weighted by Crippen LogP contribution is 2.33. The molecule has 6 atom stereocenters. The fourth-order valence-electron chi connectivity index (χ4n) is 2.55. The van der Waals surface area contributed by atoms with Gasteiger partial charge in [0.1, 0.15) is 24.4 Å². The van der Waals surface area contributed by atoms with E-state index in [9.17, 15) is 10.2 Å². The van der Waals surface area contributed by atoms with Crippen molar-refractivity contribution in [2.24, 2.45) is 0 Å². The van der Waals surface area contributed by atoms with E-state index in [0.717, 1.165) is 5.56 Å². The van der Waals surface area contributed by atoms with E-state index in [1.807, 2.05) is 30.3 Å². The van der Waals surface area contributed by atoms with Gasteiger partial charge in [0.2, 0.25) is 0 Å². The van der Waals surface area contributed by atoms with E-state index in [2.05, 4.69) is 0 Å². The van der Waals surface area contributed by atoms with Crippen molar-refractivity contribution >= 4 is 0 Å². The highest BCUT2D eigenvalue weighted by Gasteiger charge is 2.48. The number of benzene rings is 1. The first-order valence-corrected chi connectivity index (χ1v) is 6.57. The Morgan fingerprint density at radius 1 is 1.10 bits per heavy atom. The molecule has 0 bridgehead atoms. The molecule has 1 aromatic rings. The van der Waals surface area contributed by atoms with Crippen LogP contribution in [0.2, 0.25) is 0 Å². The molecule has 2 aliphatic heterocycles. The number of hydrogen-bond donors (Lipinski definition) is 2. The molecule has 0 amide bonds. The van der Waals surface area contributed by atoms with Gasteiger partial charge in [0.15, 0.2) is 12.6 Å². The predicted molar refractivity (Wildman–Crippen MR) is 67.7 cm³/mol. The quantitative estimate of drug-likeness (QED) is 0.806. The smallest absolute Gasteiger partial charge is 0.186 e. The molecule has 110 valence electrons. The predicted octanol–water partition coefficient (Wildman–Crippen LogP) is 0.194. The molecule has 2 aliphatic rings. The van der Waals surface area contributed by atoms with Crippen molar-refractivity contribution in [3.63, 3.8) is 0 Å². The van der Waals surface area contributed by atoms with Crippen molar-refractivity contribution in [3.05, 3.63) is 35.9 Å². The number of aliphatic hydroxyl groups excluding tert-OH is 2. The highest BCUT2D eigenvalue weighted by atomic mass is 16.7. The average Bonchev–Trinajstić information content (AvgIpc) is 2.51. The lowest BCUT2D eigenvalue weighted by Gasteiger charge is -2.45. The van der Waals surface area contributed by atoms with E-state index in [1.54, 1.807) is 0 Å². The summed E-state index contributed by atoms with van der Waals surface area (Å²) in [5, 5.41) is 20.1. The summed E-state index contributed by atoms with van der Waals surface area (Å²) in [5.41, 5.74) is 0.863. The van der Waals surface area contributed by atoms with Crippen LogP contribution in [0, 0.1) is 0 Å². The normalized spacial score (nSPS) is 41.1. The molecular weight excluding hydrogens is 264 g/mol. The molecular formula is C14H18O6. The minimum atomic E-state index is -1.14. The van der Waals surface area contributed by atoms with Crippen molar-refractivity contribution < 1.29 is 29.2 Å². The van der Waals surface area contributed by atoms with Crippen molar-refractivity contribution in [3.8, 4) is 0 Å². The minimum absolute atomic E-state index is 0.272. The van der Waals surface area contributed by atoms with Crippen LogP contribution in [-0.4, -0.2) is 54.6 Å². The van der Waals surface area contributed by atoms with Gasteiger partial charge in [-0.15, -0.1) is 0 Å². The van der Waals surface area contributed by atoms with Gasteiger partial charge >= 0.3 is 0 Å². The highest BCUT2D eigenvalue weighted by molar-refractivity contribution is 5.16. The van der Waals surface area contributed by atoms with Crippen LogP contribution in [0.15, 0.2) is 30.3 Å². The Balaban J connectivity index is 1.74. The van der Waals surface area contributed by atoms with Gasteiger partial charge in [0.05, 0.1) is 6.61 Å². The first kappa shape index (κ1) is 13.9. The zero-order valence-corrected chi connectivity index (χ0v) is 11.1. The van der Waals surface area contributed by atoms with E-state index in [0.29, 0.717) is 0 Å². The van der Waals surface area contributed by atoms with E-state index in [4.69, 9.17) is 18.9 Å². The van der Waals surface area contributed by atoms with Crippen LogP contribution >= 0.6 is 0 Å². The molecule has 2 N–H and O–H groups in total. The molecule has 0 aliphatic carbocycles.